The minimum Gasteiger partial charge on any atom is -0.303 e. The first-order chi connectivity index (χ1) is 13.3. The van der Waals surface area contributed by atoms with Crippen molar-refractivity contribution >= 4 is 22.7 Å². The highest BCUT2D eigenvalue weighted by atomic mass is 16.2. The summed E-state index contributed by atoms with van der Waals surface area (Å²) >= 11 is 0. The van der Waals surface area contributed by atoms with Gasteiger partial charge in [-0.15, -0.1) is 6.58 Å². The van der Waals surface area contributed by atoms with Crippen LogP contribution in [0.1, 0.15) is 23.1 Å². The zero-order chi connectivity index (χ0) is 18.6. The Morgan fingerprint density at radius 2 is 1.48 bits per heavy atom. The fourth-order valence-corrected chi connectivity index (χ4v) is 3.64. The van der Waals surface area contributed by atoms with Crippen LogP contribution in [0.25, 0.3) is 11.1 Å². The molecule has 3 aromatic carbocycles. The average molecular weight is 351 g/mol. The lowest BCUT2D eigenvalue weighted by Gasteiger charge is -2.17. The van der Waals surface area contributed by atoms with Crippen LogP contribution in [-0.4, -0.2) is 5.91 Å². The van der Waals surface area contributed by atoms with Gasteiger partial charge in [0.25, 0.3) is 5.91 Å². The summed E-state index contributed by atoms with van der Waals surface area (Å²) in [5.41, 5.74) is 5.97. The lowest BCUT2D eigenvalue weighted by molar-refractivity contribution is -0.113. The van der Waals surface area contributed by atoms with Crippen molar-refractivity contribution in [1.29, 1.82) is 0 Å². The Hall–Kier alpha value is -3.39. The molecule has 0 radical (unpaired) electrons. The summed E-state index contributed by atoms with van der Waals surface area (Å²) < 4.78 is 0. The first-order valence-electron chi connectivity index (χ1n) is 9.14. The minimum atomic E-state index is 0.0563. The van der Waals surface area contributed by atoms with E-state index < -0.39 is 0 Å². The Kier molecular flexibility index (Phi) is 4.71. The number of hydrogen-bond acceptors (Lipinski definition) is 1. The normalized spacial score (nSPS) is 14.8. The largest absolute Gasteiger partial charge is 0.303 e. The molecular weight excluding hydrogens is 330 g/mol. The van der Waals surface area contributed by atoms with Crippen molar-refractivity contribution in [3.8, 4) is 0 Å². The Bertz CT molecular complexity index is 1000. The third-order valence-corrected chi connectivity index (χ3v) is 4.88. The zero-order valence-electron chi connectivity index (χ0n) is 15.1. The van der Waals surface area contributed by atoms with Crippen LogP contribution in [0.5, 0.6) is 0 Å². The Balaban J connectivity index is 1.86. The smallest absolute Gasteiger partial charge is 0.259 e. The minimum absolute atomic E-state index is 0.0563. The second kappa shape index (κ2) is 7.46. The van der Waals surface area contributed by atoms with Gasteiger partial charge in [0.05, 0.1) is 17.8 Å². The monoisotopic (exact) mass is 351 g/mol. The molecule has 0 aliphatic carbocycles. The number of amides is 1. The van der Waals surface area contributed by atoms with Gasteiger partial charge in [-0.1, -0.05) is 84.9 Å². The zero-order valence-corrected chi connectivity index (χ0v) is 15.1. The molecule has 1 amide bonds. The third kappa shape index (κ3) is 3.22. The molecule has 0 atom stereocenters. The van der Waals surface area contributed by atoms with Gasteiger partial charge < -0.3 is 4.90 Å². The van der Waals surface area contributed by atoms with E-state index in [0.717, 1.165) is 33.5 Å². The van der Waals surface area contributed by atoms with Crippen LogP contribution in [0.3, 0.4) is 0 Å². The van der Waals surface area contributed by atoms with Crippen molar-refractivity contribution in [3.63, 3.8) is 0 Å². The molecule has 27 heavy (non-hydrogen) atoms. The van der Waals surface area contributed by atoms with Gasteiger partial charge in [-0.3, -0.25) is 4.79 Å². The fraction of sp³-hybridized carbons (Fsp3) is 0.0800. The lowest BCUT2D eigenvalue weighted by atomic mass is 9.93. The highest BCUT2D eigenvalue weighted by molar-refractivity contribution is 6.37. The second-order valence-electron chi connectivity index (χ2n) is 6.61. The summed E-state index contributed by atoms with van der Waals surface area (Å²) in [5.74, 6) is 0.0563. The van der Waals surface area contributed by atoms with Gasteiger partial charge in [0.15, 0.2) is 0 Å². The first kappa shape index (κ1) is 17.0. The van der Waals surface area contributed by atoms with E-state index in [1.54, 1.807) is 0 Å². The van der Waals surface area contributed by atoms with Gasteiger partial charge in [0, 0.05) is 5.56 Å². The van der Waals surface area contributed by atoms with Crippen LogP contribution in [0.4, 0.5) is 5.69 Å². The molecule has 132 valence electrons. The molecule has 1 aliphatic rings. The van der Waals surface area contributed by atoms with Crippen LogP contribution >= 0.6 is 0 Å². The molecule has 0 unspecified atom stereocenters. The van der Waals surface area contributed by atoms with Crippen LogP contribution < -0.4 is 4.90 Å². The van der Waals surface area contributed by atoms with E-state index >= 15 is 0 Å². The maximum Gasteiger partial charge on any atom is 0.259 e. The SMILES string of the molecule is C=CC/C(=C1/C(=O)N(Cc2ccccc2)c2ccccc21)c1ccccc1. The number of carbonyl (C=O) groups is 1. The molecule has 3 aromatic rings. The van der Waals surface area contributed by atoms with Crippen molar-refractivity contribution < 1.29 is 4.79 Å². The van der Waals surface area contributed by atoms with Crippen molar-refractivity contribution in [3.05, 3.63) is 114 Å². The molecule has 1 heterocycles. The molecule has 0 N–H and O–H groups in total. The second-order valence-corrected chi connectivity index (χ2v) is 6.61. The number of hydrogen-bond donors (Lipinski definition) is 0. The van der Waals surface area contributed by atoms with Crippen molar-refractivity contribution in [1.82, 2.24) is 0 Å². The number of fused-ring (bicyclic) bond motifs is 1. The van der Waals surface area contributed by atoms with E-state index in [2.05, 4.69) is 30.8 Å². The van der Waals surface area contributed by atoms with Gasteiger partial charge >= 0.3 is 0 Å². The number of para-hydroxylation sites is 1. The van der Waals surface area contributed by atoms with Crippen molar-refractivity contribution in [2.75, 3.05) is 4.90 Å². The molecule has 0 aromatic heterocycles. The van der Waals surface area contributed by atoms with Crippen molar-refractivity contribution in [2.45, 2.75) is 13.0 Å². The quantitative estimate of drug-likeness (QED) is 0.425. The topological polar surface area (TPSA) is 20.3 Å². The summed E-state index contributed by atoms with van der Waals surface area (Å²) in [6.45, 7) is 4.47. The molecule has 0 saturated carbocycles. The van der Waals surface area contributed by atoms with Crippen LogP contribution in [0.2, 0.25) is 0 Å². The van der Waals surface area contributed by atoms with Crippen LogP contribution in [-0.2, 0) is 11.3 Å². The van der Waals surface area contributed by atoms with E-state index in [9.17, 15) is 4.79 Å². The summed E-state index contributed by atoms with van der Waals surface area (Å²) in [6, 6.07) is 28.3. The number of benzene rings is 3. The molecule has 0 fully saturated rings. The van der Waals surface area contributed by atoms with E-state index in [4.69, 9.17) is 0 Å². The van der Waals surface area contributed by atoms with Crippen molar-refractivity contribution in [2.24, 2.45) is 0 Å². The number of allylic oxidation sites excluding steroid dienone is 2. The van der Waals surface area contributed by atoms with Gasteiger partial charge in [0.2, 0.25) is 0 Å². The summed E-state index contributed by atoms with van der Waals surface area (Å²) in [6.07, 6.45) is 2.52. The lowest BCUT2D eigenvalue weighted by Crippen LogP contribution is -2.26. The predicted octanol–water partition coefficient (Wildman–Crippen LogP) is 5.72. The number of nitrogens with zero attached hydrogens (tertiary/aromatic N) is 1. The molecule has 2 heteroatoms. The molecule has 1 aliphatic heterocycles. The third-order valence-electron chi connectivity index (χ3n) is 4.88. The summed E-state index contributed by atoms with van der Waals surface area (Å²) in [4.78, 5) is 15.4. The molecule has 4 rings (SSSR count). The van der Waals surface area contributed by atoms with E-state index in [0.29, 0.717) is 13.0 Å². The van der Waals surface area contributed by atoms with Crippen LogP contribution in [0.15, 0.2) is 97.6 Å². The number of carbonyl (C=O) groups excluding carboxylic acids is 1. The standard InChI is InChI=1S/C25H21NO/c1-2-11-21(20-14-7-4-8-15-20)24-22-16-9-10-17-23(22)26(25(24)27)18-19-12-5-3-6-13-19/h2-10,12-17H,1,11,18H2/b24-21-. The highest BCUT2D eigenvalue weighted by Crippen LogP contribution is 2.42. The molecule has 2 nitrogen and oxygen atoms in total. The maximum atomic E-state index is 13.5. The number of rotatable bonds is 5. The first-order valence-corrected chi connectivity index (χ1v) is 9.14. The number of anilines is 1. The predicted molar refractivity (Wildman–Crippen MR) is 112 cm³/mol. The van der Waals surface area contributed by atoms with E-state index in [-0.39, 0.29) is 5.91 Å². The Morgan fingerprint density at radius 1 is 0.852 bits per heavy atom. The highest BCUT2D eigenvalue weighted by Gasteiger charge is 2.34. The molecule has 0 spiro atoms. The van der Waals surface area contributed by atoms with Crippen LogP contribution in [0, 0.1) is 0 Å². The van der Waals surface area contributed by atoms with E-state index in [1.807, 2.05) is 71.6 Å². The summed E-state index contributed by atoms with van der Waals surface area (Å²) in [7, 11) is 0. The Labute approximate surface area is 160 Å². The van der Waals surface area contributed by atoms with E-state index in [1.165, 1.54) is 0 Å². The Morgan fingerprint density at radius 3 is 2.19 bits per heavy atom. The fourth-order valence-electron chi connectivity index (χ4n) is 3.64. The van der Waals surface area contributed by atoms with Gasteiger partial charge in [-0.05, 0) is 29.2 Å². The molecule has 0 bridgehead atoms. The molecular formula is C25H21NO. The molecule has 0 saturated heterocycles. The average Bonchev–Trinajstić information content (AvgIpc) is 2.99. The maximum absolute atomic E-state index is 13.5. The van der Waals surface area contributed by atoms with Gasteiger partial charge in [0.1, 0.15) is 0 Å². The van der Waals surface area contributed by atoms with Gasteiger partial charge in [-0.2, -0.15) is 0 Å². The van der Waals surface area contributed by atoms with Gasteiger partial charge in [-0.25, -0.2) is 0 Å². The summed E-state index contributed by atoms with van der Waals surface area (Å²) in [5, 5.41) is 0.